The Morgan fingerprint density at radius 1 is 1.07 bits per heavy atom. The molecule has 1 fully saturated rings. The monoisotopic (exact) mass is 506 g/mol. The lowest BCUT2D eigenvalue weighted by Gasteiger charge is -2.33. The van der Waals surface area contributed by atoms with Gasteiger partial charge in [0.05, 0.1) is 6.54 Å². The number of fused-ring (bicyclic) bond motifs is 1. The maximum atomic E-state index is 4.89. The number of benzene rings is 1. The Hall–Kier alpha value is -1.87. The second-order valence-electron chi connectivity index (χ2n) is 7.52. The summed E-state index contributed by atoms with van der Waals surface area (Å²) < 4.78 is 0. The highest BCUT2D eigenvalue weighted by atomic mass is 127. The number of nitrogens with zero attached hydrogens (tertiary/aromatic N) is 5. The van der Waals surface area contributed by atoms with Crippen molar-refractivity contribution in [3.05, 3.63) is 53.7 Å². The van der Waals surface area contributed by atoms with Crippen LogP contribution in [-0.4, -0.2) is 62.2 Å². The SMILES string of the molecule is CCNC(=NCc1ccc(N2CCN(C)CC2)nc1)N1CCc2ccccc21.I. The van der Waals surface area contributed by atoms with E-state index in [1.807, 2.05) is 6.20 Å². The van der Waals surface area contributed by atoms with Crippen molar-refractivity contribution in [1.82, 2.24) is 15.2 Å². The molecule has 156 valence electrons. The van der Waals surface area contributed by atoms with Crippen molar-refractivity contribution in [1.29, 1.82) is 0 Å². The van der Waals surface area contributed by atoms with Crippen LogP contribution in [-0.2, 0) is 13.0 Å². The van der Waals surface area contributed by atoms with Gasteiger partial charge in [0.2, 0.25) is 0 Å². The van der Waals surface area contributed by atoms with Crippen molar-refractivity contribution < 1.29 is 0 Å². The summed E-state index contributed by atoms with van der Waals surface area (Å²) >= 11 is 0. The molecule has 3 heterocycles. The van der Waals surface area contributed by atoms with E-state index in [-0.39, 0.29) is 24.0 Å². The zero-order valence-electron chi connectivity index (χ0n) is 17.3. The van der Waals surface area contributed by atoms with E-state index in [1.54, 1.807) is 0 Å². The number of pyridine rings is 1. The summed E-state index contributed by atoms with van der Waals surface area (Å²) in [6.07, 6.45) is 3.04. The fourth-order valence-corrected chi connectivity index (χ4v) is 3.85. The Kier molecular flexibility index (Phi) is 7.71. The van der Waals surface area contributed by atoms with Gasteiger partial charge in [-0.25, -0.2) is 9.98 Å². The standard InChI is InChI=1S/C22H30N6.HI/c1-3-23-22(28-11-10-19-6-4-5-7-20(19)28)25-17-18-8-9-21(24-16-18)27-14-12-26(2)13-15-27;/h4-9,16H,3,10-15,17H2,1-2H3,(H,23,25);1H. The first kappa shape index (κ1) is 21.8. The number of halogens is 1. The Balaban J connectivity index is 0.00000240. The van der Waals surface area contributed by atoms with Crippen LogP contribution in [0.4, 0.5) is 11.5 Å². The van der Waals surface area contributed by atoms with Gasteiger partial charge < -0.3 is 20.0 Å². The lowest BCUT2D eigenvalue weighted by atomic mass is 10.2. The molecule has 0 spiro atoms. The summed E-state index contributed by atoms with van der Waals surface area (Å²) in [5.41, 5.74) is 3.80. The van der Waals surface area contributed by atoms with E-state index in [4.69, 9.17) is 4.99 Å². The zero-order valence-corrected chi connectivity index (χ0v) is 19.7. The van der Waals surface area contributed by atoms with E-state index in [1.165, 1.54) is 11.3 Å². The Labute approximate surface area is 191 Å². The summed E-state index contributed by atoms with van der Waals surface area (Å²) in [4.78, 5) is 16.6. The molecule has 0 saturated carbocycles. The Bertz CT molecular complexity index is 814. The Morgan fingerprint density at radius 2 is 1.86 bits per heavy atom. The van der Waals surface area contributed by atoms with Crippen LogP contribution >= 0.6 is 24.0 Å². The lowest BCUT2D eigenvalue weighted by molar-refractivity contribution is 0.312. The highest BCUT2D eigenvalue weighted by Crippen LogP contribution is 2.27. The average molecular weight is 506 g/mol. The molecule has 29 heavy (non-hydrogen) atoms. The second kappa shape index (κ2) is 10.2. The van der Waals surface area contributed by atoms with Gasteiger partial charge in [-0.2, -0.15) is 0 Å². The van der Waals surface area contributed by atoms with Crippen LogP contribution in [0.3, 0.4) is 0 Å². The van der Waals surface area contributed by atoms with Crippen LogP contribution in [0, 0.1) is 0 Å². The molecule has 7 heteroatoms. The number of likely N-dealkylation sites (N-methyl/N-ethyl adjacent to an activating group) is 1. The quantitative estimate of drug-likeness (QED) is 0.393. The first-order chi connectivity index (χ1) is 13.7. The summed E-state index contributed by atoms with van der Waals surface area (Å²) in [6.45, 7) is 8.86. The molecule has 6 nitrogen and oxygen atoms in total. The molecule has 1 N–H and O–H groups in total. The molecule has 0 aliphatic carbocycles. The van der Waals surface area contributed by atoms with Crippen LogP contribution in [0.1, 0.15) is 18.1 Å². The van der Waals surface area contributed by atoms with E-state index in [2.05, 4.69) is 75.4 Å². The minimum absolute atomic E-state index is 0. The number of guanidine groups is 1. The van der Waals surface area contributed by atoms with Crippen LogP contribution < -0.4 is 15.1 Å². The first-order valence-corrected chi connectivity index (χ1v) is 10.3. The fraction of sp³-hybridized carbons (Fsp3) is 0.455. The van der Waals surface area contributed by atoms with Crippen molar-refractivity contribution in [2.24, 2.45) is 4.99 Å². The topological polar surface area (TPSA) is 47.0 Å². The number of aliphatic imine (C=N–C) groups is 1. The average Bonchev–Trinajstić information content (AvgIpc) is 3.16. The first-order valence-electron chi connectivity index (χ1n) is 10.3. The minimum Gasteiger partial charge on any atom is -0.356 e. The number of para-hydroxylation sites is 1. The Morgan fingerprint density at radius 3 is 2.59 bits per heavy atom. The molecule has 0 atom stereocenters. The van der Waals surface area contributed by atoms with Crippen LogP contribution in [0.25, 0.3) is 0 Å². The lowest BCUT2D eigenvalue weighted by Crippen LogP contribution is -2.44. The molecule has 2 aliphatic rings. The predicted molar refractivity (Wildman–Crippen MR) is 132 cm³/mol. The van der Waals surface area contributed by atoms with Crippen molar-refractivity contribution >= 4 is 41.4 Å². The number of rotatable bonds is 4. The maximum Gasteiger partial charge on any atom is 0.198 e. The number of hydrogen-bond donors (Lipinski definition) is 1. The molecule has 1 aromatic carbocycles. The van der Waals surface area contributed by atoms with Gasteiger partial charge >= 0.3 is 0 Å². The van der Waals surface area contributed by atoms with E-state index < -0.39 is 0 Å². The summed E-state index contributed by atoms with van der Waals surface area (Å²) in [7, 11) is 2.17. The zero-order chi connectivity index (χ0) is 19.3. The summed E-state index contributed by atoms with van der Waals surface area (Å²) in [6, 6.07) is 12.9. The molecule has 2 aromatic rings. The van der Waals surface area contributed by atoms with Gasteiger partial charge in [0.1, 0.15) is 5.82 Å². The van der Waals surface area contributed by atoms with E-state index in [9.17, 15) is 0 Å². The predicted octanol–water partition coefficient (Wildman–Crippen LogP) is 2.98. The molecular weight excluding hydrogens is 475 g/mol. The van der Waals surface area contributed by atoms with Gasteiger partial charge in [-0.1, -0.05) is 24.3 Å². The van der Waals surface area contributed by atoms with Crippen molar-refractivity contribution in [2.75, 3.05) is 56.1 Å². The fourth-order valence-electron chi connectivity index (χ4n) is 3.85. The molecule has 0 unspecified atom stereocenters. The smallest absolute Gasteiger partial charge is 0.198 e. The number of piperazine rings is 1. The molecule has 0 bridgehead atoms. The van der Waals surface area contributed by atoms with Crippen LogP contribution in [0.5, 0.6) is 0 Å². The van der Waals surface area contributed by atoms with Gasteiger partial charge in [-0.05, 0) is 43.7 Å². The van der Waals surface area contributed by atoms with E-state index in [0.717, 1.165) is 63.0 Å². The molecule has 1 saturated heterocycles. The van der Waals surface area contributed by atoms with E-state index >= 15 is 0 Å². The van der Waals surface area contributed by atoms with Crippen LogP contribution in [0.15, 0.2) is 47.6 Å². The van der Waals surface area contributed by atoms with Crippen LogP contribution in [0.2, 0.25) is 0 Å². The number of anilines is 2. The third kappa shape index (κ3) is 5.19. The summed E-state index contributed by atoms with van der Waals surface area (Å²) in [5.74, 6) is 2.02. The molecule has 1 aromatic heterocycles. The molecule has 0 amide bonds. The highest BCUT2D eigenvalue weighted by molar-refractivity contribution is 14.0. The van der Waals surface area contributed by atoms with Crippen molar-refractivity contribution in [2.45, 2.75) is 19.9 Å². The van der Waals surface area contributed by atoms with E-state index in [0.29, 0.717) is 6.54 Å². The van der Waals surface area contributed by atoms with Crippen molar-refractivity contribution in [3.63, 3.8) is 0 Å². The largest absolute Gasteiger partial charge is 0.356 e. The van der Waals surface area contributed by atoms with Gasteiger partial charge in [-0.3, -0.25) is 0 Å². The second-order valence-corrected chi connectivity index (χ2v) is 7.52. The number of hydrogen-bond acceptors (Lipinski definition) is 4. The third-order valence-corrected chi connectivity index (χ3v) is 5.53. The number of aromatic nitrogens is 1. The number of nitrogens with one attached hydrogen (secondary N) is 1. The third-order valence-electron chi connectivity index (χ3n) is 5.53. The maximum absolute atomic E-state index is 4.89. The normalized spacial score (nSPS) is 17.1. The molecule has 2 aliphatic heterocycles. The van der Waals surface area contributed by atoms with Gasteiger partial charge in [0.15, 0.2) is 5.96 Å². The van der Waals surface area contributed by atoms with Gasteiger partial charge in [0, 0.05) is 51.2 Å². The minimum atomic E-state index is 0. The molecular formula is C22H31IN6. The van der Waals surface area contributed by atoms with Crippen molar-refractivity contribution in [3.8, 4) is 0 Å². The van der Waals surface area contributed by atoms with Gasteiger partial charge in [0.25, 0.3) is 0 Å². The molecule has 4 rings (SSSR count). The van der Waals surface area contributed by atoms with Gasteiger partial charge in [-0.15, -0.1) is 24.0 Å². The molecule has 0 radical (unpaired) electrons. The highest BCUT2D eigenvalue weighted by Gasteiger charge is 2.22. The summed E-state index contributed by atoms with van der Waals surface area (Å²) in [5, 5.41) is 3.45.